The van der Waals surface area contributed by atoms with E-state index in [4.69, 9.17) is 18.9 Å². The van der Waals surface area contributed by atoms with Gasteiger partial charge in [0.05, 0.1) is 46.1 Å². The predicted octanol–water partition coefficient (Wildman–Crippen LogP) is 2.88. The molecule has 0 spiro atoms. The smallest absolute Gasteiger partial charge is 0.337 e. The van der Waals surface area contributed by atoms with Crippen molar-refractivity contribution in [3.63, 3.8) is 0 Å². The number of anilines is 1. The van der Waals surface area contributed by atoms with E-state index in [1.807, 2.05) is 18.2 Å². The lowest BCUT2D eigenvalue weighted by Crippen LogP contribution is -2.34. The van der Waals surface area contributed by atoms with Crippen LogP contribution in [-0.4, -0.2) is 63.8 Å². The molecular weight excluding hydrogens is 428 g/mol. The normalized spacial score (nSPS) is 12.8. The minimum Gasteiger partial charge on any atom is -0.497 e. The lowest BCUT2D eigenvalue weighted by Gasteiger charge is -2.23. The van der Waals surface area contributed by atoms with Crippen LogP contribution in [0.3, 0.4) is 0 Å². The molecule has 0 aromatic heterocycles. The molecular formula is C24H28N2O7. The third kappa shape index (κ3) is 6.23. The molecule has 0 unspecified atom stereocenters. The number of rotatable bonds is 10. The van der Waals surface area contributed by atoms with Crippen LogP contribution in [0.2, 0.25) is 0 Å². The van der Waals surface area contributed by atoms with E-state index in [0.717, 1.165) is 24.2 Å². The highest BCUT2D eigenvalue weighted by Gasteiger charge is 2.31. The van der Waals surface area contributed by atoms with Gasteiger partial charge >= 0.3 is 11.9 Å². The van der Waals surface area contributed by atoms with Gasteiger partial charge in [-0.15, -0.1) is 0 Å². The van der Waals surface area contributed by atoms with Crippen molar-refractivity contribution in [2.45, 2.75) is 25.4 Å². The maximum atomic E-state index is 12.9. The first-order valence-corrected chi connectivity index (χ1v) is 10.4. The third-order valence-corrected chi connectivity index (χ3v) is 5.33. The van der Waals surface area contributed by atoms with Crippen molar-refractivity contribution in [1.29, 1.82) is 0 Å². The topological polar surface area (TPSA) is 103 Å². The summed E-state index contributed by atoms with van der Waals surface area (Å²) in [5.74, 6) is -0.0973. The van der Waals surface area contributed by atoms with Crippen LogP contribution < -0.4 is 14.8 Å². The summed E-state index contributed by atoms with van der Waals surface area (Å²) in [4.78, 5) is 38.9. The Balaban J connectivity index is 1.77. The number of benzene rings is 2. The number of hydrogen-bond donors (Lipinski definition) is 1. The van der Waals surface area contributed by atoms with Crippen LogP contribution >= 0.6 is 0 Å². The lowest BCUT2D eigenvalue weighted by molar-refractivity contribution is -0.117. The van der Waals surface area contributed by atoms with Crippen LogP contribution in [0, 0.1) is 0 Å². The van der Waals surface area contributed by atoms with Crippen molar-refractivity contribution in [2.24, 2.45) is 0 Å². The van der Waals surface area contributed by atoms with Crippen molar-refractivity contribution in [3.05, 3.63) is 53.1 Å². The fourth-order valence-corrected chi connectivity index (χ4v) is 3.53. The molecule has 1 fully saturated rings. The number of nitrogens with zero attached hydrogens (tertiary/aromatic N) is 1. The number of ether oxygens (including phenoxy) is 4. The van der Waals surface area contributed by atoms with Crippen LogP contribution in [0.25, 0.3) is 0 Å². The van der Waals surface area contributed by atoms with Gasteiger partial charge in [-0.25, -0.2) is 9.59 Å². The summed E-state index contributed by atoms with van der Waals surface area (Å²) in [6.45, 7) is 0.634. The standard InChI is InChI=1S/C24H28N2O7/c1-30-20-7-8-21(31-2)17(12-20)13-26(19-5-6-19)14-22(27)25-18-10-15(23(28)32-3)9-16(11-18)24(29)33-4/h7-12,19H,5-6,13-14H2,1-4H3,(H,25,27). The second-order valence-corrected chi connectivity index (χ2v) is 7.64. The van der Waals surface area contributed by atoms with Gasteiger partial charge in [0.2, 0.25) is 5.91 Å². The number of amides is 1. The van der Waals surface area contributed by atoms with Gasteiger partial charge in [0.25, 0.3) is 0 Å². The van der Waals surface area contributed by atoms with E-state index in [9.17, 15) is 14.4 Å². The Hall–Kier alpha value is -3.59. The van der Waals surface area contributed by atoms with Gasteiger partial charge in [-0.2, -0.15) is 0 Å². The molecule has 3 rings (SSSR count). The lowest BCUT2D eigenvalue weighted by atomic mass is 10.1. The number of hydrogen-bond acceptors (Lipinski definition) is 8. The van der Waals surface area contributed by atoms with Gasteiger partial charge < -0.3 is 24.3 Å². The molecule has 176 valence electrons. The maximum Gasteiger partial charge on any atom is 0.337 e. The average Bonchev–Trinajstić information content (AvgIpc) is 3.67. The third-order valence-electron chi connectivity index (χ3n) is 5.33. The van der Waals surface area contributed by atoms with Crippen molar-refractivity contribution in [3.8, 4) is 11.5 Å². The van der Waals surface area contributed by atoms with E-state index >= 15 is 0 Å². The van der Waals surface area contributed by atoms with Gasteiger partial charge in [0.1, 0.15) is 11.5 Å². The molecule has 0 atom stereocenters. The summed E-state index contributed by atoms with van der Waals surface area (Å²) < 4.78 is 20.3. The summed E-state index contributed by atoms with van der Waals surface area (Å²) in [6.07, 6.45) is 2.01. The van der Waals surface area contributed by atoms with E-state index in [-0.39, 0.29) is 23.6 Å². The minimum atomic E-state index is -0.624. The zero-order valence-corrected chi connectivity index (χ0v) is 19.2. The fraction of sp³-hybridized carbons (Fsp3) is 0.375. The highest BCUT2D eigenvalue weighted by molar-refractivity contribution is 5.99. The van der Waals surface area contributed by atoms with Gasteiger partial charge in [-0.3, -0.25) is 9.69 Å². The fourth-order valence-electron chi connectivity index (χ4n) is 3.53. The first-order chi connectivity index (χ1) is 15.9. The van der Waals surface area contributed by atoms with Crippen LogP contribution in [0.15, 0.2) is 36.4 Å². The van der Waals surface area contributed by atoms with Crippen molar-refractivity contribution in [2.75, 3.05) is 40.3 Å². The predicted molar refractivity (Wildman–Crippen MR) is 121 cm³/mol. The summed E-state index contributed by atoms with van der Waals surface area (Å²) in [6, 6.07) is 10.1. The maximum absolute atomic E-state index is 12.9. The van der Waals surface area contributed by atoms with Crippen LogP contribution in [0.4, 0.5) is 5.69 Å². The molecule has 2 aromatic carbocycles. The SMILES string of the molecule is COC(=O)c1cc(NC(=O)CN(Cc2cc(OC)ccc2OC)C2CC2)cc(C(=O)OC)c1. The Morgan fingerprint density at radius 1 is 0.909 bits per heavy atom. The molecule has 1 N–H and O–H groups in total. The molecule has 1 aliphatic carbocycles. The van der Waals surface area contributed by atoms with Crippen LogP contribution in [0.1, 0.15) is 39.1 Å². The highest BCUT2D eigenvalue weighted by Crippen LogP contribution is 2.32. The number of esters is 2. The zero-order chi connectivity index (χ0) is 24.0. The molecule has 33 heavy (non-hydrogen) atoms. The first-order valence-electron chi connectivity index (χ1n) is 10.4. The number of nitrogens with one attached hydrogen (secondary N) is 1. The summed E-state index contributed by atoms with van der Waals surface area (Å²) >= 11 is 0. The van der Waals surface area contributed by atoms with Crippen molar-refractivity contribution in [1.82, 2.24) is 4.90 Å². The molecule has 0 radical (unpaired) electrons. The zero-order valence-electron chi connectivity index (χ0n) is 19.2. The van der Waals surface area contributed by atoms with Gasteiger partial charge in [-0.1, -0.05) is 0 Å². The highest BCUT2D eigenvalue weighted by atomic mass is 16.5. The van der Waals surface area contributed by atoms with E-state index in [1.165, 1.54) is 32.4 Å². The summed E-state index contributed by atoms with van der Waals surface area (Å²) in [7, 11) is 5.69. The molecule has 1 amide bonds. The Kier molecular flexibility index (Phi) is 7.89. The minimum absolute atomic E-state index is 0.126. The molecule has 0 bridgehead atoms. The molecule has 0 saturated heterocycles. The average molecular weight is 456 g/mol. The Labute approximate surface area is 192 Å². The second kappa shape index (κ2) is 10.8. The Morgan fingerprint density at radius 2 is 1.55 bits per heavy atom. The van der Waals surface area contributed by atoms with E-state index < -0.39 is 11.9 Å². The van der Waals surface area contributed by atoms with Gasteiger partial charge in [-0.05, 0) is 49.2 Å². The monoisotopic (exact) mass is 456 g/mol. The molecule has 9 nitrogen and oxygen atoms in total. The van der Waals surface area contributed by atoms with Crippen molar-refractivity contribution >= 4 is 23.5 Å². The Bertz CT molecular complexity index is 999. The quantitative estimate of drug-likeness (QED) is 0.545. The van der Waals surface area contributed by atoms with Gasteiger partial charge in [0.15, 0.2) is 0 Å². The largest absolute Gasteiger partial charge is 0.497 e. The van der Waals surface area contributed by atoms with Crippen LogP contribution in [-0.2, 0) is 20.8 Å². The molecule has 2 aromatic rings. The van der Waals surface area contributed by atoms with Crippen molar-refractivity contribution < 1.29 is 33.3 Å². The summed E-state index contributed by atoms with van der Waals surface area (Å²) in [5, 5.41) is 2.78. The number of methoxy groups -OCH3 is 4. The van der Waals surface area contributed by atoms with E-state index in [0.29, 0.717) is 24.0 Å². The first kappa shape index (κ1) is 24.1. The van der Waals surface area contributed by atoms with Crippen LogP contribution in [0.5, 0.6) is 11.5 Å². The van der Waals surface area contributed by atoms with Gasteiger partial charge in [0, 0.05) is 23.8 Å². The summed E-state index contributed by atoms with van der Waals surface area (Å²) in [5.41, 5.74) is 1.49. The molecule has 0 heterocycles. The molecule has 1 aliphatic rings. The molecule has 0 aliphatic heterocycles. The number of carbonyl (C=O) groups is 3. The van der Waals surface area contributed by atoms with E-state index in [2.05, 4.69) is 10.2 Å². The molecule has 1 saturated carbocycles. The molecule has 9 heteroatoms. The van der Waals surface area contributed by atoms with E-state index in [1.54, 1.807) is 14.2 Å². The Morgan fingerprint density at radius 3 is 2.06 bits per heavy atom. The second-order valence-electron chi connectivity index (χ2n) is 7.64. The number of carbonyl (C=O) groups excluding carboxylic acids is 3.